The molecule has 1 heterocycles. The molecule has 1 unspecified atom stereocenters. The molecule has 1 atom stereocenters. The van der Waals surface area contributed by atoms with Gasteiger partial charge in [0, 0.05) is 11.9 Å². The minimum atomic E-state index is 0.218. The molecule has 0 aliphatic heterocycles. The first kappa shape index (κ1) is 15.7. The number of pyridine rings is 1. The van der Waals surface area contributed by atoms with E-state index in [1.807, 2.05) is 13.1 Å². The topological polar surface area (TPSA) is 24.9 Å². The van der Waals surface area contributed by atoms with E-state index in [9.17, 15) is 0 Å². The van der Waals surface area contributed by atoms with Crippen LogP contribution in [-0.4, -0.2) is 11.5 Å². The molecule has 0 aliphatic rings. The van der Waals surface area contributed by atoms with Crippen molar-refractivity contribution in [2.45, 2.75) is 40.2 Å². The molecule has 1 aromatic carbocycles. The highest BCUT2D eigenvalue weighted by Gasteiger charge is 2.13. The lowest BCUT2D eigenvalue weighted by Crippen LogP contribution is -2.22. The van der Waals surface area contributed by atoms with Crippen molar-refractivity contribution < 1.29 is 0 Å². The zero-order valence-corrected chi connectivity index (χ0v) is 13.6. The fraction of sp³-hybridized carbons (Fsp3) is 0.421. The number of aromatic nitrogens is 1. The standard InChI is InChI=1S/C19H26N2/c1-5-20-19(18-10-9-15(4)21-13-18)17-8-6-7-16(12-17)11-14(2)3/h6-10,12-14,19-20H,5,11H2,1-4H3. The van der Waals surface area contributed by atoms with E-state index in [2.05, 4.69) is 67.5 Å². The number of hydrogen-bond acceptors (Lipinski definition) is 2. The average Bonchev–Trinajstić information content (AvgIpc) is 2.45. The zero-order chi connectivity index (χ0) is 15.2. The quantitative estimate of drug-likeness (QED) is 0.855. The molecular weight excluding hydrogens is 256 g/mol. The van der Waals surface area contributed by atoms with Crippen molar-refractivity contribution in [3.05, 3.63) is 65.0 Å². The van der Waals surface area contributed by atoms with Crippen LogP contribution in [0.5, 0.6) is 0 Å². The SMILES string of the molecule is CCNC(c1ccc(C)nc1)c1cccc(CC(C)C)c1. The van der Waals surface area contributed by atoms with Crippen molar-refractivity contribution >= 4 is 0 Å². The lowest BCUT2D eigenvalue weighted by atomic mass is 9.95. The summed E-state index contributed by atoms with van der Waals surface area (Å²) < 4.78 is 0. The summed E-state index contributed by atoms with van der Waals surface area (Å²) in [6, 6.07) is 13.4. The van der Waals surface area contributed by atoms with Crippen molar-refractivity contribution in [3.8, 4) is 0 Å². The van der Waals surface area contributed by atoms with Gasteiger partial charge >= 0.3 is 0 Å². The Morgan fingerprint density at radius 2 is 1.90 bits per heavy atom. The summed E-state index contributed by atoms with van der Waals surface area (Å²) in [5.41, 5.74) is 5.01. The molecule has 21 heavy (non-hydrogen) atoms. The van der Waals surface area contributed by atoms with Crippen molar-refractivity contribution in [1.29, 1.82) is 0 Å². The molecule has 0 bridgehead atoms. The first-order valence-corrected chi connectivity index (χ1v) is 7.85. The van der Waals surface area contributed by atoms with Gasteiger partial charge in [-0.3, -0.25) is 4.98 Å². The predicted octanol–water partition coefficient (Wildman–Crippen LogP) is 4.29. The summed E-state index contributed by atoms with van der Waals surface area (Å²) in [4.78, 5) is 4.44. The molecule has 0 spiro atoms. The number of hydrogen-bond donors (Lipinski definition) is 1. The van der Waals surface area contributed by atoms with Crippen LogP contribution in [0.25, 0.3) is 0 Å². The summed E-state index contributed by atoms with van der Waals surface area (Å²) in [7, 11) is 0. The van der Waals surface area contributed by atoms with Gasteiger partial charge in [0.1, 0.15) is 0 Å². The minimum absolute atomic E-state index is 0.218. The Labute approximate surface area is 128 Å². The van der Waals surface area contributed by atoms with Crippen molar-refractivity contribution in [1.82, 2.24) is 10.3 Å². The summed E-state index contributed by atoms with van der Waals surface area (Å²) in [6.07, 6.45) is 3.11. The fourth-order valence-corrected chi connectivity index (χ4v) is 2.65. The third-order valence-electron chi connectivity index (χ3n) is 3.60. The molecule has 0 saturated heterocycles. The highest BCUT2D eigenvalue weighted by atomic mass is 14.9. The van der Waals surface area contributed by atoms with Crippen molar-refractivity contribution in [2.75, 3.05) is 6.54 Å². The van der Waals surface area contributed by atoms with Gasteiger partial charge in [-0.05, 0) is 48.6 Å². The number of nitrogens with zero attached hydrogens (tertiary/aromatic N) is 1. The van der Waals surface area contributed by atoms with Crippen LogP contribution in [0.2, 0.25) is 0 Å². The van der Waals surface area contributed by atoms with Gasteiger partial charge in [0.2, 0.25) is 0 Å². The largest absolute Gasteiger partial charge is 0.306 e. The molecule has 1 aromatic heterocycles. The maximum absolute atomic E-state index is 4.44. The fourth-order valence-electron chi connectivity index (χ4n) is 2.65. The van der Waals surface area contributed by atoms with Gasteiger partial charge in [-0.25, -0.2) is 0 Å². The van der Waals surface area contributed by atoms with Crippen LogP contribution >= 0.6 is 0 Å². The molecule has 2 rings (SSSR count). The Kier molecular flexibility index (Phi) is 5.51. The molecule has 2 nitrogen and oxygen atoms in total. The molecule has 0 fully saturated rings. The number of aryl methyl sites for hydroxylation is 1. The highest BCUT2D eigenvalue weighted by Crippen LogP contribution is 2.23. The minimum Gasteiger partial charge on any atom is -0.306 e. The third kappa shape index (κ3) is 4.40. The Hall–Kier alpha value is -1.67. The van der Waals surface area contributed by atoms with E-state index in [1.165, 1.54) is 16.7 Å². The first-order chi connectivity index (χ1) is 10.1. The summed E-state index contributed by atoms with van der Waals surface area (Å²) in [5.74, 6) is 0.680. The van der Waals surface area contributed by atoms with Gasteiger partial charge < -0.3 is 5.32 Å². The summed E-state index contributed by atoms with van der Waals surface area (Å²) in [5, 5.41) is 3.58. The van der Waals surface area contributed by atoms with Gasteiger partial charge in [-0.1, -0.05) is 51.1 Å². The van der Waals surface area contributed by atoms with E-state index in [0.717, 1.165) is 18.7 Å². The number of nitrogens with one attached hydrogen (secondary N) is 1. The number of benzene rings is 1. The average molecular weight is 282 g/mol. The van der Waals surface area contributed by atoms with Crippen LogP contribution in [0.4, 0.5) is 0 Å². The normalized spacial score (nSPS) is 12.6. The van der Waals surface area contributed by atoms with Crippen LogP contribution in [-0.2, 0) is 6.42 Å². The van der Waals surface area contributed by atoms with Crippen LogP contribution < -0.4 is 5.32 Å². The monoisotopic (exact) mass is 282 g/mol. The molecular formula is C19H26N2. The maximum Gasteiger partial charge on any atom is 0.0591 e. The van der Waals surface area contributed by atoms with Crippen LogP contribution in [0.1, 0.15) is 49.2 Å². The van der Waals surface area contributed by atoms with Gasteiger partial charge in [-0.2, -0.15) is 0 Å². The predicted molar refractivity (Wildman–Crippen MR) is 89.5 cm³/mol. The second-order valence-electron chi connectivity index (χ2n) is 6.07. The first-order valence-electron chi connectivity index (χ1n) is 7.85. The molecule has 0 amide bonds. The molecule has 0 saturated carbocycles. The van der Waals surface area contributed by atoms with Crippen LogP contribution in [0, 0.1) is 12.8 Å². The molecule has 1 N–H and O–H groups in total. The molecule has 112 valence electrons. The van der Waals surface area contributed by atoms with Crippen LogP contribution in [0.15, 0.2) is 42.6 Å². The van der Waals surface area contributed by atoms with E-state index < -0.39 is 0 Å². The second-order valence-corrected chi connectivity index (χ2v) is 6.07. The van der Waals surface area contributed by atoms with Gasteiger partial charge in [0.05, 0.1) is 6.04 Å². The Balaban J connectivity index is 2.31. The van der Waals surface area contributed by atoms with Gasteiger partial charge in [0.25, 0.3) is 0 Å². The second kappa shape index (κ2) is 7.37. The lowest BCUT2D eigenvalue weighted by Gasteiger charge is -2.20. The maximum atomic E-state index is 4.44. The Bertz CT molecular complexity index is 558. The van der Waals surface area contributed by atoms with Gasteiger partial charge in [0.15, 0.2) is 0 Å². The third-order valence-corrected chi connectivity index (χ3v) is 3.60. The zero-order valence-electron chi connectivity index (χ0n) is 13.6. The summed E-state index contributed by atoms with van der Waals surface area (Å²) >= 11 is 0. The van der Waals surface area contributed by atoms with Crippen molar-refractivity contribution in [2.24, 2.45) is 5.92 Å². The van der Waals surface area contributed by atoms with E-state index in [1.54, 1.807) is 0 Å². The Morgan fingerprint density at radius 1 is 1.10 bits per heavy atom. The van der Waals surface area contributed by atoms with E-state index >= 15 is 0 Å². The molecule has 2 heteroatoms. The highest BCUT2D eigenvalue weighted by molar-refractivity contribution is 5.33. The smallest absolute Gasteiger partial charge is 0.0591 e. The van der Waals surface area contributed by atoms with Crippen LogP contribution in [0.3, 0.4) is 0 Å². The summed E-state index contributed by atoms with van der Waals surface area (Å²) in [6.45, 7) is 9.63. The number of rotatable bonds is 6. The molecule has 0 aliphatic carbocycles. The molecule has 0 radical (unpaired) electrons. The molecule has 2 aromatic rings. The van der Waals surface area contributed by atoms with Gasteiger partial charge in [-0.15, -0.1) is 0 Å². The van der Waals surface area contributed by atoms with E-state index in [4.69, 9.17) is 0 Å². The van der Waals surface area contributed by atoms with E-state index in [0.29, 0.717) is 5.92 Å². The van der Waals surface area contributed by atoms with Crippen molar-refractivity contribution in [3.63, 3.8) is 0 Å². The Morgan fingerprint density at radius 3 is 2.52 bits per heavy atom. The lowest BCUT2D eigenvalue weighted by molar-refractivity contribution is 0.621. The van der Waals surface area contributed by atoms with E-state index in [-0.39, 0.29) is 6.04 Å².